The Bertz CT molecular complexity index is 159. The Morgan fingerprint density at radius 1 is 1.00 bits per heavy atom. The molecule has 1 aliphatic rings. The van der Waals surface area contributed by atoms with Crippen molar-refractivity contribution in [2.45, 2.75) is 52.2 Å². The van der Waals surface area contributed by atoms with Gasteiger partial charge in [0.15, 0.2) is 0 Å². The van der Waals surface area contributed by atoms with Crippen LogP contribution in [0, 0.1) is 0 Å². The van der Waals surface area contributed by atoms with Crippen molar-refractivity contribution in [2.24, 2.45) is 0 Å². The van der Waals surface area contributed by atoms with Crippen LogP contribution in [0.25, 0.3) is 0 Å². The molecule has 0 saturated carbocycles. The Labute approximate surface area is 82.9 Å². The molecule has 0 aliphatic carbocycles. The third-order valence-electron chi connectivity index (χ3n) is 3.31. The van der Waals surface area contributed by atoms with Gasteiger partial charge in [-0.25, -0.2) is 0 Å². The maximum absolute atomic E-state index is 2.59. The molecule has 0 N–H and O–H groups in total. The van der Waals surface area contributed by atoms with E-state index in [1.807, 2.05) is 0 Å². The Balaban J connectivity index is 2.64. The first-order chi connectivity index (χ1) is 5.82. The largest absolute Gasteiger partial charge is 0.298 e. The fraction of sp³-hybridized carbons (Fsp3) is 1.00. The number of likely N-dealkylation sites (N-methyl/N-ethyl adjacent to an activating group) is 1. The minimum absolute atomic E-state index is 0.323. The number of nitrogens with zero attached hydrogens (tertiary/aromatic N) is 2. The normalized spacial score (nSPS) is 33.7. The molecule has 2 atom stereocenters. The Kier molecular flexibility index (Phi) is 3.03. The molecule has 0 amide bonds. The van der Waals surface area contributed by atoms with E-state index in [0.717, 1.165) is 0 Å². The molecule has 0 radical (unpaired) electrons. The summed E-state index contributed by atoms with van der Waals surface area (Å²) in [4.78, 5) is 5.06. The molecule has 1 aliphatic heterocycles. The molecule has 13 heavy (non-hydrogen) atoms. The van der Waals surface area contributed by atoms with Crippen molar-refractivity contribution in [1.82, 2.24) is 9.80 Å². The summed E-state index contributed by atoms with van der Waals surface area (Å²) in [5, 5.41) is 0. The lowest BCUT2D eigenvalue weighted by Gasteiger charge is -2.48. The second-order valence-corrected chi connectivity index (χ2v) is 5.44. The topological polar surface area (TPSA) is 6.48 Å². The molecule has 1 rings (SSSR count). The first-order valence-electron chi connectivity index (χ1n) is 5.29. The van der Waals surface area contributed by atoms with Gasteiger partial charge in [-0.1, -0.05) is 0 Å². The first kappa shape index (κ1) is 11.0. The lowest BCUT2D eigenvalue weighted by molar-refractivity contribution is 0.00887. The quantitative estimate of drug-likeness (QED) is 0.566. The van der Waals surface area contributed by atoms with Crippen molar-refractivity contribution >= 4 is 0 Å². The predicted molar refractivity (Wildman–Crippen MR) is 58.0 cm³/mol. The summed E-state index contributed by atoms with van der Waals surface area (Å²) in [6.07, 6.45) is 0. The van der Waals surface area contributed by atoms with E-state index >= 15 is 0 Å². The monoisotopic (exact) mass is 184 g/mol. The predicted octanol–water partition coefficient (Wildman–Crippen LogP) is 1.81. The summed E-state index contributed by atoms with van der Waals surface area (Å²) < 4.78 is 0. The highest BCUT2D eigenvalue weighted by atomic mass is 15.3. The fourth-order valence-electron chi connectivity index (χ4n) is 1.95. The molecule has 1 heterocycles. The molecule has 1 saturated heterocycles. The molecule has 78 valence electrons. The van der Waals surface area contributed by atoms with Gasteiger partial charge >= 0.3 is 0 Å². The van der Waals surface area contributed by atoms with Crippen molar-refractivity contribution in [1.29, 1.82) is 0 Å². The SMILES string of the molecule is CC1CN(C(C)(C)C)CC(C)N1C. The van der Waals surface area contributed by atoms with E-state index in [1.54, 1.807) is 0 Å². The highest BCUT2D eigenvalue weighted by Crippen LogP contribution is 2.21. The number of piperazine rings is 1. The highest BCUT2D eigenvalue weighted by Gasteiger charge is 2.32. The zero-order valence-electron chi connectivity index (χ0n) is 9.96. The van der Waals surface area contributed by atoms with Gasteiger partial charge in [0.1, 0.15) is 0 Å². The van der Waals surface area contributed by atoms with E-state index in [0.29, 0.717) is 17.6 Å². The Morgan fingerprint density at radius 3 is 1.69 bits per heavy atom. The molecule has 0 aromatic rings. The van der Waals surface area contributed by atoms with E-state index in [4.69, 9.17) is 0 Å². The van der Waals surface area contributed by atoms with Crippen LogP contribution in [0.1, 0.15) is 34.6 Å². The molecule has 0 bridgehead atoms. The average Bonchev–Trinajstić information content (AvgIpc) is 1.97. The van der Waals surface area contributed by atoms with Gasteiger partial charge < -0.3 is 0 Å². The van der Waals surface area contributed by atoms with Crippen LogP contribution in [-0.4, -0.2) is 47.6 Å². The van der Waals surface area contributed by atoms with E-state index in [9.17, 15) is 0 Å². The molecule has 1 fully saturated rings. The van der Waals surface area contributed by atoms with Gasteiger partial charge in [0.05, 0.1) is 0 Å². The highest BCUT2D eigenvalue weighted by molar-refractivity contribution is 4.88. The van der Waals surface area contributed by atoms with Gasteiger partial charge in [0, 0.05) is 30.7 Å². The number of hydrogen-bond acceptors (Lipinski definition) is 2. The molecule has 2 unspecified atom stereocenters. The fourth-order valence-corrected chi connectivity index (χ4v) is 1.95. The lowest BCUT2D eigenvalue weighted by Crippen LogP contribution is -2.59. The summed E-state index contributed by atoms with van der Waals surface area (Å²) >= 11 is 0. The van der Waals surface area contributed by atoms with Gasteiger partial charge in [0.25, 0.3) is 0 Å². The molecule has 2 nitrogen and oxygen atoms in total. The maximum Gasteiger partial charge on any atom is 0.0195 e. The second-order valence-electron chi connectivity index (χ2n) is 5.44. The van der Waals surface area contributed by atoms with Crippen LogP contribution in [0.4, 0.5) is 0 Å². The summed E-state index contributed by atoms with van der Waals surface area (Å²) in [7, 11) is 2.23. The third kappa shape index (κ3) is 2.44. The summed E-state index contributed by atoms with van der Waals surface area (Å²) in [5.41, 5.74) is 0.323. The lowest BCUT2D eigenvalue weighted by atomic mass is 10.00. The van der Waals surface area contributed by atoms with Crippen LogP contribution in [0.5, 0.6) is 0 Å². The van der Waals surface area contributed by atoms with Gasteiger partial charge in [-0.15, -0.1) is 0 Å². The maximum atomic E-state index is 2.59. The van der Waals surface area contributed by atoms with Crippen LogP contribution in [-0.2, 0) is 0 Å². The van der Waals surface area contributed by atoms with Crippen LogP contribution < -0.4 is 0 Å². The molecular formula is C11H24N2. The van der Waals surface area contributed by atoms with E-state index in [-0.39, 0.29) is 0 Å². The Morgan fingerprint density at radius 2 is 1.38 bits per heavy atom. The van der Waals surface area contributed by atoms with Crippen molar-refractivity contribution < 1.29 is 0 Å². The van der Waals surface area contributed by atoms with E-state index in [1.165, 1.54) is 13.1 Å². The molecule has 0 spiro atoms. The third-order valence-corrected chi connectivity index (χ3v) is 3.31. The number of rotatable bonds is 0. The summed E-state index contributed by atoms with van der Waals surface area (Å²) in [6, 6.07) is 1.37. The molecular weight excluding hydrogens is 160 g/mol. The van der Waals surface area contributed by atoms with Gasteiger partial charge in [-0.3, -0.25) is 9.80 Å². The van der Waals surface area contributed by atoms with Crippen LogP contribution in [0.3, 0.4) is 0 Å². The zero-order valence-corrected chi connectivity index (χ0v) is 9.96. The van der Waals surface area contributed by atoms with Gasteiger partial charge in [-0.05, 0) is 41.7 Å². The van der Waals surface area contributed by atoms with Crippen molar-refractivity contribution in [3.05, 3.63) is 0 Å². The summed E-state index contributed by atoms with van der Waals surface area (Å²) in [6.45, 7) is 13.9. The minimum Gasteiger partial charge on any atom is -0.298 e. The Hall–Kier alpha value is -0.0800. The van der Waals surface area contributed by atoms with Crippen molar-refractivity contribution in [3.8, 4) is 0 Å². The smallest absolute Gasteiger partial charge is 0.0195 e. The molecule has 0 aromatic heterocycles. The van der Waals surface area contributed by atoms with E-state index in [2.05, 4.69) is 51.5 Å². The van der Waals surface area contributed by atoms with Crippen LogP contribution in [0.2, 0.25) is 0 Å². The minimum atomic E-state index is 0.323. The average molecular weight is 184 g/mol. The van der Waals surface area contributed by atoms with Gasteiger partial charge in [-0.2, -0.15) is 0 Å². The molecule has 2 heteroatoms. The summed E-state index contributed by atoms with van der Waals surface area (Å²) in [5.74, 6) is 0. The van der Waals surface area contributed by atoms with Crippen molar-refractivity contribution in [3.63, 3.8) is 0 Å². The number of hydrogen-bond donors (Lipinski definition) is 0. The van der Waals surface area contributed by atoms with Crippen molar-refractivity contribution in [2.75, 3.05) is 20.1 Å². The van der Waals surface area contributed by atoms with Gasteiger partial charge in [0.2, 0.25) is 0 Å². The first-order valence-corrected chi connectivity index (χ1v) is 5.29. The standard InChI is InChI=1S/C11H24N2/c1-9-7-13(11(3,4)5)8-10(2)12(9)6/h9-10H,7-8H2,1-6H3. The van der Waals surface area contributed by atoms with Crippen LogP contribution >= 0.6 is 0 Å². The van der Waals surface area contributed by atoms with E-state index < -0.39 is 0 Å². The molecule has 0 aromatic carbocycles. The van der Waals surface area contributed by atoms with Crippen LogP contribution in [0.15, 0.2) is 0 Å². The zero-order chi connectivity index (χ0) is 10.2. The second kappa shape index (κ2) is 3.58.